The van der Waals surface area contributed by atoms with Crippen molar-refractivity contribution >= 4 is 11.5 Å². The molecule has 2 bridgehead atoms. The molecule has 0 saturated carbocycles. The Kier molecular flexibility index (Phi) is 6.01. The molecule has 1 aromatic carbocycles. The number of benzene rings is 1. The van der Waals surface area contributed by atoms with Crippen molar-refractivity contribution in [1.82, 2.24) is 19.8 Å². The van der Waals surface area contributed by atoms with Crippen LogP contribution in [0.1, 0.15) is 30.2 Å². The Morgan fingerprint density at radius 3 is 2.65 bits per heavy atom. The summed E-state index contributed by atoms with van der Waals surface area (Å²) < 4.78 is 19.8. The summed E-state index contributed by atoms with van der Waals surface area (Å²) in [6.07, 6.45) is 1.19. The smallest absolute Gasteiger partial charge is 0.332 e. The van der Waals surface area contributed by atoms with Crippen LogP contribution in [0.4, 0.5) is 15.9 Å². The predicted octanol–water partition coefficient (Wildman–Crippen LogP) is 2.73. The molecule has 3 heterocycles. The summed E-state index contributed by atoms with van der Waals surface area (Å²) in [6, 6.07) is 6.38. The molecule has 1 aromatic heterocycles. The number of methoxy groups -OCH3 is 1. The van der Waals surface area contributed by atoms with Crippen LogP contribution in [-0.4, -0.2) is 63.5 Å². The van der Waals surface area contributed by atoms with E-state index < -0.39 is 4.92 Å². The summed E-state index contributed by atoms with van der Waals surface area (Å²) in [6.45, 7) is 7.70. The van der Waals surface area contributed by atoms with Gasteiger partial charge in [0.2, 0.25) is 5.82 Å². The molecule has 2 atom stereocenters. The summed E-state index contributed by atoms with van der Waals surface area (Å²) in [7, 11) is 1.38. The van der Waals surface area contributed by atoms with Gasteiger partial charge in [0.05, 0.1) is 12.0 Å². The van der Waals surface area contributed by atoms with Crippen molar-refractivity contribution in [2.24, 2.45) is 0 Å². The van der Waals surface area contributed by atoms with E-state index in [0.29, 0.717) is 17.6 Å². The van der Waals surface area contributed by atoms with Crippen molar-refractivity contribution in [3.63, 3.8) is 0 Å². The normalized spacial score (nSPS) is 20.9. The summed E-state index contributed by atoms with van der Waals surface area (Å²) in [5, 5.41) is 14.3. The number of anilines is 1. The molecule has 2 aliphatic rings. The molecule has 1 unspecified atom stereocenters. The van der Waals surface area contributed by atoms with Crippen molar-refractivity contribution in [3.05, 3.63) is 51.0 Å². The van der Waals surface area contributed by atoms with E-state index in [1.807, 2.05) is 6.07 Å². The van der Waals surface area contributed by atoms with Gasteiger partial charge in [-0.05, 0) is 31.5 Å². The molecule has 10 heteroatoms. The highest BCUT2D eigenvalue weighted by atomic mass is 19.1. The van der Waals surface area contributed by atoms with Gasteiger partial charge in [0.25, 0.3) is 0 Å². The Bertz CT molecular complexity index is 988. The van der Waals surface area contributed by atoms with Gasteiger partial charge in [-0.15, -0.1) is 0 Å². The quantitative estimate of drug-likeness (QED) is 0.504. The van der Waals surface area contributed by atoms with E-state index in [1.54, 1.807) is 12.1 Å². The predicted molar refractivity (Wildman–Crippen MR) is 114 cm³/mol. The molecule has 0 amide bonds. The van der Waals surface area contributed by atoms with Crippen LogP contribution in [0.25, 0.3) is 0 Å². The second-order valence-electron chi connectivity index (χ2n) is 8.09. The van der Waals surface area contributed by atoms with Gasteiger partial charge in [-0.25, -0.2) is 4.39 Å². The van der Waals surface area contributed by atoms with Gasteiger partial charge in [0.1, 0.15) is 11.5 Å². The minimum atomic E-state index is -0.556. The van der Waals surface area contributed by atoms with Crippen LogP contribution in [0.2, 0.25) is 0 Å². The lowest BCUT2D eigenvalue weighted by Crippen LogP contribution is -2.45. The Morgan fingerprint density at radius 1 is 1.29 bits per heavy atom. The number of hydrogen-bond donors (Lipinski definition) is 1. The minimum Gasteiger partial charge on any atom is -0.467 e. The van der Waals surface area contributed by atoms with Crippen LogP contribution in [0.15, 0.2) is 18.2 Å². The molecular weight excluding hydrogens is 403 g/mol. The third kappa shape index (κ3) is 4.31. The number of likely N-dealkylation sites (N-methyl/N-ethyl adjacent to an activating group) is 1. The van der Waals surface area contributed by atoms with Crippen molar-refractivity contribution in [1.29, 1.82) is 0 Å². The van der Waals surface area contributed by atoms with Crippen molar-refractivity contribution in [3.8, 4) is 6.01 Å². The average Bonchev–Trinajstić information content (AvgIpc) is 3.32. The van der Waals surface area contributed by atoms with Crippen molar-refractivity contribution in [2.45, 2.75) is 45.4 Å². The molecule has 4 rings (SSSR count). The zero-order valence-electron chi connectivity index (χ0n) is 18.0. The second-order valence-corrected chi connectivity index (χ2v) is 8.09. The topological polar surface area (TPSA) is 96.7 Å². The highest BCUT2D eigenvalue weighted by molar-refractivity contribution is 5.59. The number of hydrogen-bond acceptors (Lipinski definition) is 8. The molecule has 2 aliphatic heterocycles. The maximum atomic E-state index is 14.8. The molecule has 2 aromatic rings. The average molecular weight is 430 g/mol. The number of piperazine rings is 1. The third-order valence-corrected chi connectivity index (χ3v) is 6.23. The van der Waals surface area contributed by atoms with Crippen LogP contribution in [0.5, 0.6) is 6.01 Å². The monoisotopic (exact) mass is 430 g/mol. The van der Waals surface area contributed by atoms with E-state index in [2.05, 4.69) is 32.0 Å². The first-order chi connectivity index (χ1) is 14.9. The number of aromatic nitrogens is 2. The first-order valence-corrected chi connectivity index (χ1v) is 10.5. The van der Waals surface area contributed by atoms with Gasteiger partial charge in [0.15, 0.2) is 0 Å². The lowest BCUT2D eigenvalue weighted by atomic mass is 10.1. The van der Waals surface area contributed by atoms with Gasteiger partial charge in [-0.1, -0.05) is 19.1 Å². The van der Waals surface area contributed by atoms with Crippen LogP contribution in [0, 0.1) is 22.9 Å². The number of nitrogens with one attached hydrogen (secondary N) is 1. The molecule has 9 nitrogen and oxygen atoms in total. The largest absolute Gasteiger partial charge is 0.467 e. The fourth-order valence-electron chi connectivity index (χ4n) is 4.63. The van der Waals surface area contributed by atoms with E-state index in [4.69, 9.17) is 4.74 Å². The number of likely N-dealkylation sites (tertiary alicyclic amines) is 2. The number of nitro groups is 1. The number of nitrogens with zero attached hydrogens (tertiary/aromatic N) is 5. The lowest BCUT2D eigenvalue weighted by Gasteiger charge is -2.33. The number of fused-ring (bicyclic) bond motifs is 2. The van der Waals surface area contributed by atoms with Crippen LogP contribution >= 0.6 is 0 Å². The first-order valence-electron chi connectivity index (χ1n) is 10.5. The lowest BCUT2D eigenvalue weighted by molar-refractivity contribution is -0.385. The summed E-state index contributed by atoms with van der Waals surface area (Å²) >= 11 is 0. The SMILES string of the molecule is CCN1C[C@@H]2CC1CN2Cc1ccc(CNc2nc(OC)nc(C)c2[N+](=O)[O-])c(F)c1. The molecule has 166 valence electrons. The van der Waals surface area contributed by atoms with Crippen LogP contribution in [0.3, 0.4) is 0 Å². The van der Waals surface area contributed by atoms with E-state index in [9.17, 15) is 14.5 Å². The highest BCUT2D eigenvalue weighted by Gasteiger charge is 2.42. The first kappa shape index (κ1) is 21.4. The fraction of sp³-hybridized carbons (Fsp3) is 0.524. The summed E-state index contributed by atoms with van der Waals surface area (Å²) in [4.78, 5) is 23.7. The molecule has 0 aliphatic carbocycles. The zero-order valence-corrected chi connectivity index (χ0v) is 18.0. The Labute approximate surface area is 180 Å². The van der Waals surface area contributed by atoms with E-state index in [0.717, 1.165) is 31.7 Å². The molecule has 0 radical (unpaired) electrons. The molecule has 2 fully saturated rings. The summed E-state index contributed by atoms with van der Waals surface area (Å²) in [5.41, 5.74) is 1.27. The Balaban J connectivity index is 1.43. The minimum absolute atomic E-state index is 0.00592. The van der Waals surface area contributed by atoms with E-state index in [-0.39, 0.29) is 35.6 Å². The van der Waals surface area contributed by atoms with Gasteiger partial charge in [-0.3, -0.25) is 19.9 Å². The van der Waals surface area contributed by atoms with E-state index in [1.165, 1.54) is 20.5 Å². The molecular formula is C21H27FN6O3. The third-order valence-electron chi connectivity index (χ3n) is 6.23. The zero-order chi connectivity index (χ0) is 22.1. The van der Waals surface area contributed by atoms with Gasteiger partial charge < -0.3 is 10.1 Å². The number of rotatable bonds is 8. The van der Waals surface area contributed by atoms with Crippen molar-refractivity contribution < 1.29 is 14.1 Å². The van der Waals surface area contributed by atoms with Crippen LogP contribution < -0.4 is 10.1 Å². The second kappa shape index (κ2) is 8.72. The number of halogens is 1. The molecule has 2 saturated heterocycles. The number of ether oxygens (including phenoxy) is 1. The maximum absolute atomic E-state index is 14.8. The van der Waals surface area contributed by atoms with E-state index >= 15 is 0 Å². The highest BCUT2D eigenvalue weighted by Crippen LogP contribution is 2.32. The van der Waals surface area contributed by atoms with Gasteiger partial charge in [-0.2, -0.15) is 9.97 Å². The van der Waals surface area contributed by atoms with Gasteiger partial charge in [0, 0.05) is 43.8 Å². The summed E-state index contributed by atoms with van der Waals surface area (Å²) in [5.74, 6) is -0.337. The Morgan fingerprint density at radius 2 is 2.03 bits per heavy atom. The van der Waals surface area contributed by atoms with Crippen LogP contribution in [-0.2, 0) is 13.1 Å². The number of aryl methyl sites for hydroxylation is 1. The van der Waals surface area contributed by atoms with Crippen molar-refractivity contribution in [2.75, 3.05) is 32.1 Å². The molecule has 31 heavy (non-hydrogen) atoms. The standard InChI is InChI=1S/C21H27FN6O3/c1-4-26-11-17-8-16(26)12-27(17)10-14-5-6-15(18(22)7-14)9-23-20-19(28(29)30)13(2)24-21(25-20)31-3/h5-7,16-17H,4,8-12H2,1-3H3,(H,23,24,25)/t16?,17-/m0/s1. The van der Waals surface area contributed by atoms with Gasteiger partial charge >= 0.3 is 11.7 Å². The Hall–Kier alpha value is -2.85. The maximum Gasteiger partial charge on any atom is 0.332 e. The molecule has 1 N–H and O–H groups in total. The fourth-order valence-corrected chi connectivity index (χ4v) is 4.63. The molecule has 0 spiro atoms.